The minimum absolute atomic E-state index is 0.0358. The molecule has 2 amide bonds. The quantitative estimate of drug-likeness (QED) is 0.113. The Hall–Kier alpha value is -5.64. The van der Waals surface area contributed by atoms with E-state index in [-0.39, 0.29) is 24.7 Å². The maximum Gasteiger partial charge on any atom is 0.407 e. The van der Waals surface area contributed by atoms with Gasteiger partial charge in [0.25, 0.3) is 0 Å². The van der Waals surface area contributed by atoms with Crippen LogP contribution in [0, 0.1) is 0 Å². The lowest BCUT2D eigenvalue weighted by atomic mass is 9.98. The van der Waals surface area contributed by atoms with E-state index in [2.05, 4.69) is 10.6 Å². The van der Waals surface area contributed by atoms with E-state index in [0.717, 1.165) is 27.8 Å². The molecule has 10 nitrogen and oxygen atoms in total. The molecule has 0 spiro atoms. The molecule has 0 aliphatic heterocycles. The molecule has 1 atom stereocenters. The molecule has 5 rings (SSSR count). The van der Waals surface area contributed by atoms with Gasteiger partial charge in [0.2, 0.25) is 5.91 Å². The smallest absolute Gasteiger partial charge is 0.407 e. The van der Waals surface area contributed by atoms with Crippen molar-refractivity contribution in [2.45, 2.75) is 57.6 Å². The van der Waals surface area contributed by atoms with Gasteiger partial charge in [-0.05, 0) is 79.3 Å². The van der Waals surface area contributed by atoms with Crippen LogP contribution >= 0.6 is 0 Å². The molecule has 0 heterocycles. The molecule has 4 aromatic carbocycles. The molecule has 260 valence electrons. The number of alkyl carbamates (subject to hydrolysis) is 1. The van der Waals surface area contributed by atoms with Crippen molar-refractivity contribution in [1.82, 2.24) is 5.32 Å². The number of amides is 2. The van der Waals surface area contributed by atoms with Gasteiger partial charge in [0.1, 0.15) is 18.2 Å². The average molecular weight is 679 g/mol. The van der Waals surface area contributed by atoms with Crippen LogP contribution in [0.4, 0.5) is 10.5 Å². The van der Waals surface area contributed by atoms with Crippen molar-refractivity contribution in [3.63, 3.8) is 0 Å². The van der Waals surface area contributed by atoms with Gasteiger partial charge >= 0.3 is 12.1 Å². The minimum atomic E-state index is -1.31. The van der Waals surface area contributed by atoms with Crippen molar-refractivity contribution in [2.24, 2.45) is 0 Å². The van der Waals surface area contributed by atoms with Crippen LogP contribution < -0.4 is 20.1 Å². The standard InChI is InChI=1S/C40H42N2O8/c1-40(2,3)50-37(44)23-33(42-39(46)49-24-32-30-15-8-6-13-28(30)29-14-7-9-16-31(29)32)38(45)41-27-12-10-11-26(22-27)34(43)19-17-25-18-20-35(47-4)36(21-25)48-5/h6-16,18,20-22,32-33H,17,19,23-24H2,1-5H3,(H,41,45)(H,42,46)/t33-/m0/s1. The number of benzene rings is 4. The molecule has 0 saturated carbocycles. The summed E-state index contributed by atoms with van der Waals surface area (Å²) in [6.07, 6.45) is -0.596. The first-order chi connectivity index (χ1) is 24.0. The number of carbonyl (C=O) groups excluding carboxylic acids is 4. The van der Waals surface area contributed by atoms with Crippen LogP contribution in [0.5, 0.6) is 11.5 Å². The number of anilines is 1. The molecule has 1 aliphatic carbocycles. The highest BCUT2D eigenvalue weighted by Crippen LogP contribution is 2.44. The third-order valence-electron chi connectivity index (χ3n) is 8.28. The van der Waals surface area contributed by atoms with E-state index in [0.29, 0.717) is 29.2 Å². The lowest BCUT2D eigenvalue weighted by Crippen LogP contribution is -2.46. The third kappa shape index (κ3) is 8.87. The zero-order chi connectivity index (χ0) is 35.8. The van der Waals surface area contributed by atoms with Gasteiger partial charge in [0.05, 0.1) is 20.6 Å². The molecular formula is C40H42N2O8. The summed E-state index contributed by atoms with van der Waals surface area (Å²) in [5, 5.41) is 5.29. The average Bonchev–Trinajstić information content (AvgIpc) is 3.42. The van der Waals surface area contributed by atoms with Crippen LogP contribution in [0.2, 0.25) is 0 Å². The second-order valence-corrected chi connectivity index (χ2v) is 13.0. The summed E-state index contributed by atoms with van der Waals surface area (Å²) in [6.45, 7) is 5.18. The number of Topliss-reactive ketones (excluding diaryl/α,β-unsaturated/α-hetero) is 1. The van der Waals surface area contributed by atoms with Crippen LogP contribution in [0.1, 0.15) is 66.6 Å². The number of aryl methyl sites for hydroxylation is 1. The van der Waals surface area contributed by atoms with E-state index in [4.69, 9.17) is 18.9 Å². The van der Waals surface area contributed by atoms with Gasteiger partial charge in [0, 0.05) is 23.6 Å². The SMILES string of the molecule is COc1ccc(CCC(=O)c2cccc(NC(=O)[C@H](CC(=O)OC(C)(C)C)NC(=O)OCC3c4ccccc4-c4ccccc43)c2)cc1OC. The number of nitrogens with one attached hydrogen (secondary N) is 2. The maximum absolute atomic E-state index is 13.5. The van der Waals surface area contributed by atoms with Gasteiger partial charge in [-0.1, -0.05) is 66.7 Å². The van der Waals surface area contributed by atoms with Crippen molar-refractivity contribution in [1.29, 1.82) is 0 Å². The number of ether oxygens (including phenoxy) is 4. The number of carbonyl (C=O) groups is 4. The van der Waals surface area contributed by atoms with Crippen molar-refractivity contribution in [3.8, 4) is 22.6 Å². The number of ketones is 1. The highest BCUT2D eigenvalue weighted by molar-refractivity contribution is 6.01. The van der Waals surface area contributed by atoms with Crippen LogP contribution in [-0.4, -0.2) is 56.2 Å². The van der Waals surface area contributed by atoms with Gasteiger partial charge in [0.15, 0.2) is 17.3 Å². The van der Waals surface area contributed by atoms with Crippen molar-refractivity contribution in [2.75, 3.05) is 26.1 Å². The molecule has 0 bridgehead atoms. The Morgan fingerprint density at radius 1 is 0.780 bits per heavy atom. The zero-order valence-corrected chi connectivity index (χ0v) is 28.9. The Bertz CT molecular complexity index is 1830. The number of hydrogen-bond acceptors (Lipinski definition) is 8. The monoisotopic (exact) mass is 678 g/mol. The number of esters is 1. The highest BCUT2D eigenvalue weighted by Gasteiger charge is 2.31. The molecule has 10 heteroatoms. The molecule has 0 aromatic heterocycles. The molecule has 1 aliphatic rings. The van der Waals surface area contributed by atoms with Crippen molar-refractivity contribution >= 4 is 29.4 Å². The summed E-state index contributed by atoms with van der Waals surface area (Å²) in [4.78, 5) is 52.6. The van der Waals surface area contributed by atoms with E-state index >= 15 is 0 Å². The van der Waals surface area contributed by atoms with Crippen molar-refractivity contribution in [3.05, 3.63) is 113 Å². The summed E-state index contributed by atoms with van der Waals surface area (Å²) in [6, 6.07) is 26.6. The van der Waals surface area contributed by atoms with E-state index in [1.54, 1.807) is 65.3 Å². The summed E-state index contributed by atoms with van der Waals surface area (Å²) < 4.78 is 21.7. The predicted molar refractivity (Wildman–Crippen MR) is 190 cm³/mol. The lowest BCUT2D eigenvalue weighted by molar-refractivity contribution is -0.156. The minimum Gasteiger partial charge on any atom is -0.493 e. The Morgan fingerprint density at radius 3 is 2.08 bits per heavy atom. The second kappa shape index (κ2) is 15.7. The molecule has 4 aromatic rings. The fourth-order valence-corrected chi connectivity index (χ4v) is 5.98. The maximum atomic E-state index is 13.5. The molecule has 2 N–H and O–H groups in total. The molecular weight excluding hydrogens is 636 g/mol. The Labute approximate surface area is 292 Å². The van der Waals surface area contributed by atoms with Gasteiger partial charge < -0.3 is 29.6 Å². The largest absolute Gasteiger partial charge is 0.493 e. The number of rotatable bonds is 13. The Balaban J connectivity index is 1.24. The van der Waals surface area contributed by atoms with Crippen LogP contribution in [0.25, 0.3) is 11.1 Å². The zero-order valence-electron chi connectivity index (χ0n) is 28.9. The molecule has 50 heavy (non-hydrogen) atoms. The van der Waals surface area contributed by atoms with Crippen LogP contribution in [-0.2, 0) is 25.5 Å². The summed E-state index contributed by atoms with van der Waals surface area (Å²) >= 11 is 0. The van der Waals surface area contributed by atoms with Gasteiger partial charge in [-0.15, -0.1) is 0 Å². The van der Waals surface area contributed by atoms with Gasteiger partial charge in [-0.25, -0.2) is 4.79 Å². The molecule has 0 radical (unpaired) electrons. The summed E-state index contributed by atoms with van der Waals surface area (Å²) in [5.41, 5.74) is 5.09. The molecule has 0 saturated heterocycles. The fourth-order valence-electron chi connectivity index (χ4n) is 5.98. The van der Waals surface area contributed by atoms with E-state index in [1.165, 1.54) is 0 Å². The van der Waals surface area contributed by atoms with Gasteiger partial charge in [-0.3, -0.25) is 14.4 Å². The normalized spacial score (nSPS) is 12.6. The second-order valence-electron chi connectivity index (χ2n) is 13.0. The number of methoxy groups -OCH3 is 2. The fraction of sp³-hybridized carbons (Fsp3) is 0.300. The highest BCUT2D eigenvalue weighted by atomic mass is 16.6. The number of hydrogen-bond donors (Lipinski definition) is 2. The molecule has 0 unspecified atom stereocenters. The lowest BCUT2D eigenvalue weighted by Gasteiger charge is -2.23. The first-order valence-electron chi connectivity index (χ1n) is 16.4. The van der Waals surface area contributed by atoms with Crippen molar-refractivity contribution < 1.29 is 38.1 Å². The predicted octanol–water partition coefficient (Wildman–Crippen LogP) is 7.10. The Kier molecular flexibility index (Phi) is 11.2. The van der Waals surface area contributed by atoms with E-state index in [1.807, 2.05) is 60.7 Å². The van der Waals surface area contributed by atoms with Crippen LogP contribution in [0.3, 0.4) is 0 Å². The van der Waals surface area contributed by atoms with E-state index in [9.17, 15) is 19.2 Å². The first kappa shape index (κ1) is 35.7. The Morgan fingerprint density at radius 2 is 1.44 bits per heavy atom. The summed E-state index contributed by atoms with van der Waals surface area (Å²) in [5.74, 6) is -0.467. The van der Waals surface area contributed by atoms with E-state index < -0.39 is 36.0 Å². The van der Waals surface area contributed by atoms with Gasteiger partial charge in [-0.2, -0.15) is 0 Å². The topological polar surface area (TPSA) is 129 Å². The number of fused-ring (bicyclic) bond motifs is 3. The third-order valence-corrected chi connectivity index (χ3v) is 8.28. The first-order valence-corrected chi connectivity index (χ1v) is 16.4. The molecule has 0 fully saturated rings. The van der Waals surface area contributed by atoms with Crippen LogP contribution in [0.15, 0.2) is 91.0 Å². The summed E-state index contributed by atoms with van der Waals surface area (Å²) in [7, 11) is 3.11.